The smallest absolute Gasteiger partial charge is 0.0972 e. The molecule has 2 heteroatoms. The highest BCUT2D eigenvalue weighted by molar-refractivity contribution is 6.18. The molecule has 5 aromatic carbocycles. The molecule has 36 heavy (non-hydrogen) atoms. The molecule has 0 radical (unpaired) electrons. The van der Waals surface area contributed by atoms with Crippen molar-refractivity contribution in [1.29, 1.82) is 0 Å². The molecule has 0 unspecified atom stereocenters. The normalized spacial score (nSPS) is 11.9. The van der Waals surface area contributed by atoms with Gasteiger partial charge in [-0.3, -0.25) is 4.98 Å². The van der Waals surface area contributed by atoms with Crippen LogP contribution >= 0.6 is 0 Å². The predicted octanol–water partition coefficient (Wildman–Crippen LogP) is 8.92. The van der Waals surface area contributed by atoms with E-state index in [0.29, 0.717) is 0 Å². The van der Waals surface area contributed by atoms with Crippen LogP contribution in [0.25, 0.3) is 77.2 Å². The van der Waals surface area contributed by atoms with Crippen LogP contribution in [-0.2, 0) is 0 Å². The summed E-state index contributed by atoms with van der Waals surface area (Å²) in [5.74, 6) is 0. The summed E-state index contributed by atoms with van der Waals surface area (Å²) in [6, 6.07) is 41.3. The van der Waals surface area contributed by atoms with Crippen LogP contribution in [0.5, 0.6) is 0 Å². The summed E-state index contributed by atoms with van der Waals surface area (Å²) in [6.45, 7) is 0. The standard InChI is InChI=1S/C34H20N2/c1-2-7-27-26(6-1)29-9-3-8-28-25(17-18-30(27)32(28)29)21-10-12-22(13-11-21)31-19-16-24-15-14-23-5-4-20-35-33(23)34(24)36-31/h1-20H. The molecule has 0 fully saturated rings. The Balaban J connectivity index is 1.24. The number of fused-ring (bicyclic) bond motifs is 6. The van der Waals surface area contributed by atoms with Crippen molar-refractivity contribution in [2.75, 3.05) is 0 Å². The molecule has 0 saturated carbocycles. The molecule has 8 rings (SSSR count). The number of nitrogens with zero attached hydrogens (tertiary/aromatic N) is 2. The third kappa shape index (κ3) is 2.73. The largest absolute Gasteiger partial charge is 0.254 e. The number of hydrogen-bond acceptors (Lipinski definition) is 2. The Morgan fingerprint density at radius 1 is 0.417 bits per heavy atom. The lowest BCUT2D eigenvalue weighted by Gasteiger charge is -2.11. The molecule has 0 amide bonds. The summed E-state index contributed by atoms with van der Waals surface area (Å²) in [6.07, 6.45) is 1.83. The van der Waals surface area contributed by atoms with Crippen molar-refractivity contribution in [3.63, 3.8) is 0 Å². The molecule has 1 aliphatic carbocycles. The van der Waals surface area contributed by atoms with Crippen LogP contribution < -0.4 is 0 Å². The summed E-state index contributed by atoms with van der Waals surface area (Å²) >= 11 is 0. The van der Waals surface area contributed by atoms with Crippen molar-refractivity contribution >= 4 is 32.6 Å². The second kappa shape index (κ2) is 7.34. The van der Waals surface area contributed by atoms with Crippen molar-refractivity contribution in [3.05, 3.63) is 121 Å². The van der Waals surface area contributed by atoms with Gasteiger partial charge in [0.15, 0.2) is 0 Å². The van der Waals surface area contributed by atoms with Crippen molar-refractivity contribution in [2.45, 2.75) is 0 Å². The Morgan fingerprint density at radius 3 is 1.92 bits per heavy atom. The van der Waals surface area contributed by atoms with Gasteiger partial charge in [-0.15, -0.1) is 0 Å². The Labute approximate surface area is 208 Å². The van der Waals surface area contributed by atoms with Crippen LogP contribution in [0.1, 0.15) is 0 Å². The van der Waals surface area contributed by atoms with E-state index in [2.05, 4.69) is 114 Å². The summed E-state index contributed by atoms with van der Waals surface area (Å²) in [4.78, 5) is 9.62. The highest BCUT2D eigenvalue weighted by atomic mass is 14.7. The minimum Gasteiger partial charge on any atom is -0.254 e. The number of benzene rings is 5. The quantitative estimate of drug-likeness (QED) is 0.243. The molecule has 2 heterocycles. The highest BCUT2D eigenvalue weighted by Gasteiger charge is 2.22. The van der Waals surface area contributed by atoms with Gasteiger partial charge < -0.3 is 0 Å². The molecule has 1 aliphatic rings. The molecule has 166 valence electrons. The third-order valence-corrected chi connectivity index (χ3v) is 7.47. The van der Waals surface area contributed by atoms with Gasteiger partial charge in [-0.25, -0.2) is 4.98 Å². The fraction of sp³-hybridized carbons (Fsp3) is 0. The van der Waals surface area contributed by atoms with E-state index in [1.807, 2.05) is 12.3 Å². The number of rotatable bonds is 2. The highest BCUT2D eigenvalue weighted by Crippen LogP contribution is 2.49. The Kier molecular flexibility index (Phi) is 3.97. The van der Waals surface area contributed by atoms with Gasteiger partial charge in [-0.1, -0.05) is 103 Å². The first-order valence-corrected chi connectivity index (χ1v) is 12.3. The van der Waals surface area contributed by atoms with Crippen LogP contribution in [-0.4, -0.2) is 9.97 Å². The SMILES string of the molecule is c1ccc2c(c1)-c1cccc3c(-c4ccc(-c5ccc6ccc7cccnc7c6n5)cc4)ccc-2c13. The zero-order valence-electron chi connectivity index (χ0n) is 19.4. The average Bonchev–Trinajstić information content (AvgIpc) is 3.28. The molecule has 7 aromatic rings. The Bertz CT molecular complexity index is 1960. The van der Waals surface area contributed by atoms with Gasteiger partial charge in [0.2, 0.25) is 0 Å². The van der Waals surface area contributed by atoms with Crippen molar-refractivity contribution in [2.24, 2.45) is 0 Å². The first kappa shape index (κ1) is 19.5. The topological polar surface area (TPSA) is 25.8 Å². The van der Waals surface area contributed by atoms with Crippen LogP contribution in [0.3, 0.4) is 0 Å². The van der Waals surface area contributed by atoms with Gasteiger partial charge >= 0.3 is 0 Å². The molecule has 0 N–H and O–H groups in total. The monoisotopic (exact) mass is 456 g/mol. The van der Waals surface area contributed by atoms with Crippen LogP contribution in [0.4, 0.5) is 0 Å². The van der Waals surface area contributed by atoms with E-state index >= 15 is 0 Å². The molecule has 2 aromatic heterocycles. The van der Waals surface area contributed by atoms with Crippen molar-refractivity contribution < 1.29 is 0 Å². The fourth-order valence-electron chi connectivity index (χ4n) is 5.77. The maximum absolute atomic E-state index is 5.02. The minimum absolute atomic E-state index is 0.946. The predicted molar refractivity (Wildman–Crippen MR) is 150 cm³/mol. The number of hydrogen-bond donors (Lipinski definition) is 0. The molecular weight excluding hydrogens is 436 g/mol. The van der Waals surface area contributed by atoms with Crippen LogP contribution in [0.15, 0.2) is 121 Å². The van der Waals surface area contributed by atoms with Gasteiger partial charge in [0, 0.05) is 22.5 Å². The van der Waals surface area contributed by atoms with Crippen molar-refractivity contribution in [3.8, 4) is 44.6 Å². The molecule has 0 saturated heterocycles. The summed E-state index contributed by atoms with van der Waals surface area (Å²) < 4.78 is 0. The maximum Gasteiger partial charge on any atom is 0.0972 e. The van der Waals surface area contributed by atoms with Gasteiger partial charge in [-0.05, 0) is 56.3 Å². The summed E-state index contributed by atoms with van der Waals surface area (Å²) in [7, 11) is 0. The van der Waals surface area contributed by atoms with E-state index in [4.69, 9.17) is 4.98 Å². The molecule has 0 bridgehead atoms. The Morgan fingerprint density at radius 2 is 1.08 bits per heavy atom. The first-order valence-electron chi connectivity index (χ1n) is 12.3. The van der Waals surface area contributed by atoms with Crippen LogP contribution in [0.2, 0.25) is 0 Å². The van der Waals surface area contributed by atoms with E-state index in [9.17, 15) is 0 Å². The van der Waals surface area contributed by atoms with Crippen molar-refractivity contribution in [1.82, 2.24) is 9.97 Å². The van der Waals surface area contributed by atoms with E-state index in [-0.39, 0.29) is 0 Å². The molecule has 0 atom stereocenters. The van der Waals surface area contributed by atoms with E-state index in [1.165, 1.54) is 44.2 Å². The second-order valence-corrected chi connectivity index (χ2v) is 9.42. The molecule has 2 nitrogen and oxygen atoms in total. The lowest BCUT2D eigenvalue weighted by molar-refractivity contribution is 1.37. The zero-order valence-corrected chi connectivity index (χ0v) is 19.4. The van der Waals surface area contributed by atoms with Crippen LogP contribution in [0, 0.1) is 0 Å². The molecular formula is C34H20N2. The Hall–Kier alpha value is -4.82. The zero-order chi connectivity index (χ0) is 23.6. The maximum atomic E-state index is 5.02. The van der Waals surface area contributed by atoms with E-state index in [1.54, 1.807) is 0 Å². The number of pyridine rings is 2. The van der Waals surface area contributed by atoms with Gasteiger partial charge in [-0.2, -0.15) is 0 Å². The summed E-state index contributed by atoms with van der Waals surface area (Å²) in [5, 5.41) is 4.88. The lowest BCUT2D eigenvalue weighted by Crippen LogP contribution is -1.89. The van der Waals surface area contributed by atoms with Gasteiger partial charge in [0.1, 0.15) is 0 Å². The third-order valence-electron chi connectivity index (χ3n) is 7.47. The minimum atomic E-state index is 0.946. The van der Waals surface area contributed by atoms with Gasteiger partial charge in [0.05, 0.1) is 16.7 Å². The van der Waals surface area contributed by atoms with Gasteiger partial charge in [0.25, 0.3) is 0 Å². The fourth-order valence-corrected chi connectivity index (χ4v) is 5.77. The second-order valence-electron chi connectivity index (χ2n) is 9.42. The lowest BCUT2D eigenvalue weighted by atomic mass is 9.93. The first-order chi connectivity index (χ1) is 17.8. The van der Waals surface area contributed by atoms with E-state index < -0.39 is 0 Å². The molecule has 0 aliphatic heterocycles. The molecule has 0 spiro atoms. The van der Waals surface area contributed by atoms with E-state index in [0.717, 1.165) is 33.1 Å². The average molecular weight is 457 g/mol. The summed E-state index contributed by atoms with van der Waals surface area (Å²) in [5.41, 5.74) is 11.8. The number of aromatic nitrogens is 2.